The number of nitrogens with one attached hydrogen (secondary N) is 2. The Bertz CT molecular complexity index is 538. The molecule has 0 aliphatic carbocycles. The highest BCUT2D eigenvalue weighted by molar-refractivity contribution is 14.0. The minimum Gasteiger partial charge on any atom is -0.490 e. The van der Waals surface area contributed by atoms with E-state index in [-0.39, 0.29) is 28.7 Å². The van der Waals surface area contributed by atoms with Gasteiger partial charge in [-0.05, 0) is 32.2 Å². The van der Waals surface area contributed by atoms with Crippen molar-refractivity contribution in [3.05, 3.63) is 18.2 Å². The molecule has 0 spiro atoms. The Labute approximate surface area is 160 Å². The van der Waals surface area contributed by atoms with E-state index in [0.29, 0.717) is 13.2 Å². The van der Waals surface area contributed by atoms with Gasteiger partial charge >= 0.3 is 0 Å². The molecular formula is C16H26IN3O2S. The summed E-state index contributed by atoms with van der Waals surface area (Å²) in [6.07, 6.45) is 3.02. The second kappa shape index (κ2) is 9.46. The van der Waals surface area contributed by atoms with E-state index in [4.69, 9.17) is 9.47 Å². The van der Waals surface area contributed by atoms with Crippen molar-refractivity contribution < 1.29 is 9.47 Å². The van der Waals surface area contributed by atoms with Crippen molar-refractivity contribution in [2.24, 2.45) is 4.99 Å². The van der Waals surface area contributed by atoms with E-state index >= 15 is 0 Å². The third-order valence-corrected chi connectivity index (χ3v) is 4.72. The molecule has 1 aromatic carbocycles. The Balaban J connectivity index is 0.00000264. The van der Waals surface area contributed by atoms with E-state index in [0.717, 1.165) is 36.1 Å². The molecule has 1 aliphatic heterocycles. The van der Waals surface area contributed by atoms with Gasteiger partial charge in [-0.3, -0.25) is 4.99 Å². The summed E-state index contributed by atoms with van der Waals surface area (Å²) >= 11 is 1.82. The summed E-state index contributed by atoms with van der Waals surface area (Å²) in [5.41, 5.74) is 0.930. The quantitative estimate of drug-likeness (QED) is 0.417. The number of halogens is 1. The predicted octanol–water partition coefficient (Wildman–Crippen LogP) is 3.59. The fourth-order valence-electron chi connectivity index (χ4n) is 1.93. The van der Waals surface area contributed by atoms with Crippen molar-refractivity contribution in [1.82, 2.24) is 5.32 Å². The van der Waals surface area contributed by atoms with Gasteiger partial charge in [-0.15, -0.1) is 24.0 Å². The predicted molar refractivity (Wildman–Crippen MR) is 110 cm³/mol. The number of fused-ring (bicyclic) bond motifs is 1. The summed E-state index contributed by atoms with van der Waals surface area (Å²) in [6, 6.07) is 5.86. The lowest BCUT2D eigenvalue weighted by Gasteiger charge is -2.23. The van der Waals surface area contributed by atoms with Crippen LogP contribution in [0, 0.1) is 0 Å². The van der Waals surface area contributed by atoms with Crippen LogP contribution in [0.1, 0.15) is 20.3 Å². The maximum Gasteiger partial charge on any atom is 0.195 e. The Morgan fingerprint density at radius 2 is 1.96 bits per heavy atom. The zero-order chi connectivity index (χ0) is 16.0. The van der Waals surface area contributed by atoms with Gasteiger partial charge in [0.2, 0.25) is 0 Å². The van der Waals surface area contributed by atoms with Crippen molar-refractivity contribution in [3.63, 3.8) is 0 Å². The highest BCUT2D eigenvalue weighted by atomic mass is 127. The molecule has 0 saturated heterocycles. The maximum atomic E-state index is 5.71. The summed E-state index contributed by atoms with van der Waals surface area (Å²) in [4.78, 5) is 4.26. The number of rotatable bonds is 4. The highest BCUT2D eigenvalue weighted by Gasteiger charge is 2.16. The highest BCUT2D eigenvalue weighted by Crippen LogP contribution is 2.32. The Morgan fingerprint density at radius 3 is 2.61 bits per heavy atom. The van der Waals surface area contributed by atoms with Crippen LogP contribution in [0.2, 0.25) is 0 Å². The van der Waals surface area contributed by atoms with E-state index < -0.39 is 0 Å². The van der Waals surface area contributed by atoms with Crippen molar-refractivity contribution in [3.8, 4) is 11.5 Å². The maximum absolute atomic E-state index is 5.71. The Morgan fingerprint density at radius 1 is 1.26 bits per heavy atom. The van der Waals surface area contributed by atoms with Crippen molar-refractivity contribution in [2.45, 2.75) is 25.0 Å². The normalized spacial score (nSPS) is 14.5. The monoisotopic (exact) mass is 451 g/mol. The molecule has 0 atom stereocenters. The number of anilines is 1. The van der Waals surface area contributed by atoms with Gasteiger partial charge in [-0.2, -0.15) is 11.8 Å². The first-order valence-corrected chi connectivity index (χ1v) is 8.69. The molecule has 0 unspecified atom stereocenters. The average molecular weight is 451 g/mol. The number of benzene rings is 1. The van der Waals surface area contributed by atoms with E-state index in [1.165, 1.54) is 0 Å². The van der Waals surface area contributed by atoms with Crippen molar-refractivity contribution >= 4 is 47.4 Å². The van der Waals surface area contributed by atoms with Crippen LogP contribution < -0.4 is 20.1 Å². The fourth-order valence-corrected chi connectivity index (χ4v) is 2.14. The lowest BCUT2D eigenvalue weighted by atomic mass is 10.2. The molecule has 0 bridgehead atoms. The van der Waals surface area contributed by atoms with Gasteiger partial charge in [-0.25, -0.2) is 0 Å². The number of ether oxygens (including phenoxy) is 2. The van der Waals surface area contributed by atoms with Crippen molar-refractivity contribution in [1.29, 1.82) is 0 Å². The molecule has 23 heavy (non-hydrogen) atoms. The van der Waals surface area contributed by atoms with Crippen LogP contribution in [0.5, 0.6) is 11.5 Å². The number of hydrogen-bond donors (Lipinski definition) is 2. The minimum atomic E-state index is 0. The molecule has 0 radical (unpaired) electrons. The van der Waals surface area contributed by atoms with Crippen LogP contribution in [0.4, 0.5) is 5.69 Å². The molecule has 0 aromatic heterocycles. The summed E-state index contributed by atoms with van der Waals surface area (Å²) < 4.78 is 11.5. The zero-order valence-corrected chi connectivity index (χ0v) is 17.3. The smallest absolute Gasteiger partial charge is 0.195 e. The van der Waals surface area contributed by atoms with Crippen LogP contribution in [0.3, 0.4) is 0 Å². The van der Waals surface area contributed by atoms with Gasteiger partial charge in [0.1, 0.15) is 0 Å². The van der Waals surface area contributed by atoms with E-state index in [1.54, 1.807) is 7.05 Å². The summed E-state index contributed by atoms with van der Waals surface area (Å²) in [5.74, 6) is 2.33. The third kappa shape index (κ3) is 6.29. The molecule has 2 rings (SSSR count). The van der Waals surface area contributed by atoms with E-state index in [1.807, 2.05) is 30.0 Å². The summed E-state index contributed by atoms with van der Waals surface area (Å²) in [6.45, 7) is 6.62. The zero-order valence-electron chi connectivity index (χ0n) is 14.1. The molecule has 0 saturated carbocycles. The second-order valence-electron chi connectivity index (χ2n) is 5.73. The van der Waals surface area contributed by atoms with Crippen molar-refractivity contribution in [2.75, 3.05) is 38.4 Å². The van der Waals surface area contributed by atoms with Gasteiger partial charge in [-0.1, -0.05) is 0 Å². The lowest BCUT2D eigenvalue weighted by Crippen LogP contribution is -2.39. The second-order valence-corrected chi connectivity index (χ2v) is 7.24. The van der Waals surface area contributed by atoms with Crippen LogP contribution in [-0.2, 0) is 0 Å². The van der Waals surface area contributed by atoms with Crippen LogP contribution >= 0.6 is 35.7 Å². The van der Waals surface area contributed by atoms with E-state index in [9.17, 15) is 0 Å². The van der Waals surface area contributed by atoms with Crippen LogP contribution in [-0.4, -0.2) is 43.8 Å². The summed E-state index contributed by atoms with van der Waals surface area (Å²) in [7, 11) is 1.77. The molecule has 0 amide bonds. The van der Waals surface area contributed by atoms with Gasteiger partial charge in [0.05, 0.1) is 13.2 Å². The Hall–Kier alpha value is -0.830. The average Bonchev–Trinajstić information content (AvgIpc) is 2.76. The van der Waals surface area contributed by atoms with Gasteiger partial charge in [0, 0.05) is 36.5 Å². The SMILES string of the molecule is CN=C(NCC(C)(C)SC)Nc1ccc2c(c1)OCCCO2.I. The van der Waals surface area contributed by atoms with Gasteiger partial charge in [0.25, 0.3) is 0 Å². The molecule has 0 fully saturated rings. The van der Waals surface area contributed by atoms with Gasteiger partial charge in [0.15, 0.2) is 17.5 Å². The number of guanidine groups is 1. The fraction of sp³-hybridized carbons (Fsp3) is 0.562. The topological polar surface area (TPSA) is 54.9 Å². The molecular weight excluding hydrogens is 425 g/mol. The van der Waals surface area contributed by atoms with E-state index in [2.05, 4.69) is 35.7 Å². The molecule has 1 heterocycles. The number of thioether (sulfide) groups is 1. The molecule has 130 valence electrons. The molecule has 2 N–H and O–H groups in total. The molecule has 1 aromatic rings. The first kappa shape index (κ1) is 20.2. The largest absolute Gasteiger partial charge is 0.490 e. The first-order valence-electron chi connectivity index (χ1n) is 7.46. The van der Waals surface area contributed by atoms with Crippen LogP contribution in [0.15, 0.2) is 23.2 Å². The standard InChI is InChI=1S/C16H25N3O2S.HI/c1-16(2,22-4)11-18-15(17-3)19-12-6-7-13-14(10-12)21-9-5-8-20-13;/h6-7,10H,5,8-9,11H2,1-4H3,(H2,17,18,19);1H. The summed E-state index contributed by atoms with van der Waals surface area (Å²) in [5, 5.41) is 6.64. The van der Waals surface area contributed by atoms with Gasteiger partial charge < -0.3 is 20.1 Å². The molecule has 1 aliphatic rings. The number of aliphatic imine (C=N–C) groups is 1. The third-order valence-electron chi connectivity index (χ3n) is 3.47. The first-order chi connectivity index (χ1) is 10.5. The molecule has 7 heteroatoms. The number of nitrogens with zero attached hydrogens (tertiary/aromatic N) is 1. The molecule has 5 nitrogen and oxygen atoms in total. The number of hydrogen-bond acceptors (Lipinski definition) is 4. The van der Waals surface area contributed by atoms with Crippen LogP contribution in [0.25, 0.3) is 0 Å². The Kier molecular flexibility index (Phi) is 8.32. The minimum absolute atomic E-state index is 0. The lowest BCUT2D eigenvalue weighted by molar-refractivity contribution is 0.297.